The van der Waals surface area contributed by atoms with Crippen LogP contribution in [0, 0.1) is 23.3 Å². The van der Waals surface area contributed by atoms with Gasteiger partial charge < -0.3 is 14.5 Å². The quantitative estimate of drug-likeness (QED) is 0.142. The van der Waals surface area contributed by atoms with Crippen molar-refractivity contribution >= 4 is 44.6 Å². The van der Waals surface area contributed by atoms with Gasteiger partial charge in [0.15, 0.2) is 0 Å². The number of hydrogen-bond acceptors (Lipinski definition) is 4. The molecule has 0 atom stereocenters. The lowest BCUT2D eigenvalue weighted by Gasteiger charge is -2.28. The van der Waals surface area contributed by atoms with E-state index in [1.165, 1.54) is 29.8 Å². The summed E-state index contributed by atoms with van der Waals surface area (Å²) in [6, 6.07) is 53.3. The first-order valence-corrected chi connectivity index (χ1v) is 23.7. The van der Waals surface area contributed by atoms with Crippen molar-refractivity contribution in [3.8, 4) is 50.7 Å². The summed E-state index contributed by atoms with van der Waals surface area (Å²) in [5.74, 6) is -0.944. The van der Waals surface area contributed by atoms with Crippen LogP contribution in [0.2, 0.25) is 0 Å². The number of fused-ring (bicyclic) bond motifs is 4. The molecule has 1 aliphatic rings. The molecule has 2 aromatic heterocycles. The molecule has 0 unspecified atom stereocenters. The molecule has 0 spiro atoms. The summed E-state index contributed by atoms with van der Waals surface area (Å²) in [6.07, 6.45) is 1.87. The number of nitrogens with zero attached hydrogens (tertiary/aromatic N) is 4. The Hall–Kier alpha value is -8.17. The van der Waals surface area contributed by atoms with Crippen molar-refractivity contribution in [2.45, 2.75) is 52.4 Å². The van der Waals surface area contributed by atoms with Gasteiger partial charge >= 0.3 is 0 Å². The van der Waals surface area contributed by atoms with E-state index in [-0.39, 0.29) is 28.6 Å². The van der Waals surface area contributed by atoms with Crippen LogP contribution < -0.4 is 14.5 Å². The molecule has 0 saturated carbocycles. The molecule has 8 aromatic carbocycles. The lowest BCUT2D eigenvalue weighted by molar-refractivity contribution is 0.483. The molecular weight excluding hydrogens is 893 g/mol. The average molecular weight is 943 g/mol. The minimum atomic E-state index is -0.747. The highest BCUT2D eigenvalue weighted by Crippen LogP contribution is 2.51. The van der Waals surface area contributed by atoms with Crippen LogP contribution in [0.3, 0.4) is 0 Å². The highest BCUT2D eigenvalue weighted by molar-refractivity contribution is 6.09. The summed E-state index contributed by atoms with van der Waals surface area (Å²) in [5.41, 5.74) is 10.5. The molecule has 352 valence electrons. The minimum Gasteiger partial charge on any atom is -0.457 e. The predicted molar refractivity (Wildman–Crippen MR) is 281 cm³/mol. The van der Waals surface area contributed by atoms with E-state index in [9.17, 15) is 0 Å². The Morgan fingerprint density at radius 1 is 0.465 bits per heavy atom. The number of para-hydroxylation sites is 4. The Bertz CT molecular complexity index is 3610. The summed E-state index contributed by atoms with van der Waals surface area (Å²) in [7, 11) is 0. The van der Waals surface area contributed by atoms with E-state index in [0.29, 0.717) is 28.3 Å². The molecule has 10 aromatic rings. The third kappa shape index (κ3) is 8.45. The van der Waals surface area contributed by atoms with Gasteiger partial charge in [0.2, 0.25) is 0 Å². The molecular formula is C62H50F4N4O. The van der Waals surface area contributed by atoms with Gasteiger partial charge in [-0.15, -0.1) is 0 Å². The maximum atomic E-state index is 15.0. The highest BCUT2D eigenvalue weighted by atomic mass is 19.1. The molecule has 0 fully saturated rings. The van der Waals surface area contributed by atoms with Crippen molar-refractivity contribution in [3.63, 3.8) is 0 Å². The van der Waals surface area contributed by atoms with Gasteiger partial charge in [0.25, 0.3) is 0 Å². The Labute approximate surface area is 410 Å². The number of anilines is 4. The minimum absolute atomic E-state index is 0.0843. The van der Waals surface area contributed by atoms with Gasteiger partial charge in [-0.2, -0.15) is 0 Å². The first-order valence-electron chi connectivity index (χ1n) is 23.7. The lowest BCUT2D eigenvalue weighted by Crippen LogP contribution is -2.25. The van der Waals surface area contributed by atoms with Gasteiger partial charge in [0, 0.05) is 58.0 Å². The standard InChI is InChI=1S/C62H50F4N4O/c1-61(2,3)41-24-25-67-59(32-41)70-55-19-10-8-15-52(55)53-23-22-47(36-58(53)70)71-48-31-40(49-14-7-9-18-54(49)62(4,5)6)30-46(35-48)68-37-69(57-21-12-11-20-56(57)68)60-50(38-26-42(63)33-43(64)27-38)16-13-17-51(60)39-28-44(65)34-45(66)29-39/h7-36H,37H2,1-6H3. The largest absolute Gasteiger partial charge is 0.457 e. The van der Waals surface area contributed by atoms with Crippen LogP contribution in [-0.2, 0) is 10.8 Å². The van der Waals surface area contributed by atoms with Crippen LogP contribution in [0.1, 0.15) is 52.7 Å². The van der Waals surface area contributed by atoms with Crippen molar-refractivity contribution in [2.24, 2.45) is 0 Å². The van der Waals surface area contributed by atoms with Crippen LogP contribution in [0.25, 0.3) is 61.0 Å². The van der Waals surface area contributed by atoms with E-state index in [1.54, 1.807) is 18.2 Å². The van der Waals surface area contributed by atoms with Gasteiger partial charge in [-0.05, 0) is 123 Å². The maximum absolute atomic E-state index is 15.0. The topological polar surface area (TPSA) is 33.5 Å². The van der Waals surface area contributed by atoms with Crippen molar-refractivity contribution in [1.29, 1.82) is 0 Å². The smallest absolute Gasteiger partial charge is 0.137 e. The highest BCUT2D eigenvalue weighted by Gasteiger charge is 2.33. The molecule has 0 radical (unpaired) electrons. The third-order valence-corrected chi connectivity index (χ3v) is 13.4. The zero-order chi connectivity index (χ0) is 49.3. The van der Waals surface area contributed by atoms with Gasteiger partial charge in [-0.1, -0.05) is 114 Å². The average Bonchev–Trinajstić information content (AvgIpc) is 3.88. The van der Waals surface area contributed by atoms with Gasteiger partial charge in [0.1, 0.15) is 47.3 Å². The number of pyridine rings is 1. The second-order valence-electron chi connectivity index (χ2n) is 20.3. The molecule has 11 rings (SSSR count). The summed E-state index contributed by atoms with van der Waals surface area (Å²) >= 11 is 0. The van der Waals surface area contributed by atoms with E-state index in [0.717, 1.165) is 73.5 Å². The lowest BCUT2D eigenvalue weighted by atomic mass is 9.82. The van der Waals surface area contributed by atoms with Crippen molar-refractivity contribution in [3.05, 3.63) is 217 Å². The molecule has 71 heavy (non-hydrogen) atoms. The molecule has 3 heterocycles. The Morgan fingerprint density at radius 2 is 1.04 bits per heavy atom. The number of rotatable bonds is 8. The zero-order valence-electron chi connectivity index (χ0n) is 40.2. The molecule has 0 amide bonds. The molecule has 9 heteroatoms. The summed E-state index contributed by atoms with van der Waals surface area (Å²) in [6.45, 7) is 13.4. The van der Waals surface area contributed by atoms with E-state index in [1.807, 2.05) is 59.6 Å². The van der Waals surface area contributed by atoms with E-state index < -0.39 is 23.3 Å². The third-order valence-electron chi connectivity index (χ3n) is 13.4. The molecule has 0 aliphatic carbocycles. The van der Waals surface area contributed by atoms with Crippen molar-refractivity contribution in [1.82, 2.24) is 9.55 Å². The fraction of sp³-hybridized carbons (Fsp3) is 0.145. The van der Waals surface area contributed by atoms with E-state index in [4.69, 9.17) is 9.72 Å². The first-order chi connectivity index (χ1) is 34.1. The number of hydrogen-bond donors (Lipinski definition) is 0. The predicted octanol–water partition coefficient (Wildman–Crippen LogP) is 17.4. The maximum Gasteiger partial charge on any atom is 0.137 e. The summed E-state index contributed by atoms with van der Waals surface area (Å²) in [4.78, 5) is 9.10. The molecule has 0 saturated heterocycles. The number of ether oxygens (including phenoxy) is 1. The van der Waals surface area contributed by atoms with Crippen molar-refractivity contribution < 1.29 is 22.3 Å². The van der Waals surface area contributed by atoms with Gasteiger partial charge in [-0.3, -0.25) is 4.57 Å². The first kappa shape index (κ1) is 45.3. The van der Waals surface area contributed by atoms with Gasteiger partial charge in [0.05, 0.1) is 28.1 Å². The number of halogens is 4. The summed E-state index contributed by atoms with van der Waals surface area (Å²) < 4.78 is 69.4. The second kappa shape index (κ2) is 17.4. The van der Waals surface area contributed by atoms with Crippen LogP contribution in [0.4, 0.5) is 40.3 Å². The summed E-state index contributed by atoms with van der Waals surface area (Å²) in [5, 5.41) is 2.17. The number of aromatic nitrogens is 2. The fourth-order valence-corrected chi connectivity index (χ4v) is 10.1. The second-order valence-corrected chi connectivity index (χ2v) is 20.3. The van der Waals surface area contributed by atoms with Crippen LogP contribution in [-0.4, -0.2) is 16.2 Å². The Kier molecular flexibility index (Phi) is 11.1. The van der Waals surface area contributed by atoms with Crippen LogP contribution in [0.5, 0.6) is 11.5 Å². The molecule has 5 nitrogen and oxygen atoms in total. The number of benzene rings is 8. The zero-order valence-corrected chi connectivity index (χ0v) is 40.2. The Morgan fingerprint density at radius 3 is 1.70 bits per heavy atom. The molecule has 0 N–H and O–H groups in total. The van der Waals surface area contributed by atoms with Crippen LogP contribution >= 0.6 is 0 Å². The molecule has 0 bridgehead atoms. The monoisotopic (exact) mass is 942 g/mol. The SMILES string of the molecule is CC(C)(C)c1ccnc(-n2c3ccccc3c3ccc(Oc4cc(-c5ccccc5C(C)(C)C)cc(N5CN(c6c(-c7cc(F)cc(F)c7)cccc6-c6cc(F)cc(F)c6)c6ccccc65)c4)cc32)c1. The van der Waals surface area contributed by atoms with E-state index >= 15 is 17.6 Å². The normalized spacial score (nSPS) is 12.8. The Balaban J connectivity index is 1.08. The fourth-order valence-electron chi connectivity index (χ4n) is 10.1. The van der Waals surface area contributed by atoms with Crippen molar-refractivity contribution in [2.75, 3.05) is 16.5 Å². The van der Waals surface area contributed by atoms with Crippen LogP contribution in [0.15, 0.2) is 182 Å². The molecule has 1 aliphatic heterocycles. The van der Waals surface area contributed by atoms with E-state index in [2.05, 4.69) is 124 Å². The van der Waals surface area contributed by atoms with Gasteiger partial charge in [-0.25, -0.2) is 22.5 Å².